The molecule has 1 atom stereocenters. The van der Waals surface area contributed by atoms with Crippen molar-refractivity contribution in [2.45, 2.75) is 37.1 Å². The van der Waals surface area contributed by atoms with Gasteiger partial charge in [-0.15, -0.1) is 0 Å². The van der Waals surface area contributed by atoms with E-state index in [9.17, 15) is 18.4 Å². The number of hydrogen-bond acceptors (Lipinski definition) is 5. The van der Waals surface area contributed by atoms with Crippen molar-refractivity contribution in [1.29, 1.82) is 5.26 Å². The van der Waals surface area contributed by atoms with Crippen molar-refractivity contribution < 1.29 is 23.1 Å². The highest BCUT2D eigenvalue weighted by Crippen LogP contribution is 2.32. The summed E-state index contributed by atoms with van der Waals surface area (Å²) in [7, 11) is 0. The van der Waals surface area contributed by atoms with E-state index < -0.39 is 43.3 Å². The van der Waals surface area contributed by atoms with Crippen LogP contribution in [-0.4, -0.2) is 60.0 Å². The Morgan fingerprint density at radius 2 is 2.15 bits per heavy atom. The third-order valence-corrected chi connectivity index (χ3v) is 4.90. The van der Waals surface area contributed by atoms with Crippen LogP contribution in [0.1, 0.15) is 41.1 Å². The Morgan fingerprint density at radius 3 is 2.85 bits per heavy atom. The van der Waals surface area contributed by atoms with Crippen molar-refractivity contribution >= 4 is 11.8 Å². The molecule has 2 amide bonds. The van der Waals surface area contributed by atoms with Crippen molar-refractivity contribution in [3.63, 3.8) is 0 Å². The monoisotopic (exact) mass is 378 g/mol. The topological polar surface area (TPSA) is 95.3 Å². The molecule has 2 aliphatic heterocycles. The van der Waals surface area contributed by atoms with Crippen LogP contribution in [0.5, 0.6) is 0 Å². The molecule has 2 fully saturated rings. The van der Waals surface area contributed by atoms with Crippen molar-refractivity contribution in [3.05, 3.63) is 29.6 Å². The number of nitrogens with zero attached hydrogens (tertiary/aromatic N) is 3. The van der Waals surface area contributed by atoms with Gasteiger partial charge < -0.3 is 15.0 Å². The first-order valence-corrected chi connectivity index (χ1v) is 8.78. The summed E-state index contributed by atoms with van der Waals surface area (Å²) >= 11 is 0. The molecule has 1 unspecified atom stereocenters. The number of carbonyl (C=O) groups is 2. The summed E-state index contributed by atoms with van der Waals surface area (Å²) in [5.74, 6) is -4.11. The second-order valence-electron chi connectivity index (χ2n) is 6.76. The maximum atomic E-state index is 13.5. The molecule has 7 nitrogen and oxygen atoms in total. The van der Waals surface area contributed by atoms with E-state index in [1.165, 1.54) is 6.20 Å². The number of ether oxygens (including phenoxy) is 1. The quantitative estimate of drug-likeness (QED) is 0.856. The number of alkyl halides is 2. The lowest BCUT2D eigenvalue weighted by molar-refractivity contribution is -0.131. The van der Waals surface area contributed by atoms with Gasteiger partial charge in [0.1, 0.15) is 6.04 Å². The van der Waals surface area contributed by atoms with Crippen LogP contribution in [-0.2, 0) is 9.53 Å². The van der Waals surface area contributed by atoms with Crippen LogP contribution in [0, 0.1) is 11.3 Å². The second kappa shape index (κ2) is 7.96. The van der Waals surface area contributed by atoms with E-state index in [1.54, 1.807) is 18.3 Å². The third kappa shape index (κ3) is 4.39. The van der Waals surface area contributed by atoms with Crippen LogP contribution in [0.25, 0.3) is 0 Å². The van der Waals surface area contributed by atoms with Gasteiger partial charge in [0.2, 0.25) is 5.91 Å². The lowest BCUT2D eigenvalue weighted by Crippen LogP contribution is -2.43. The smallest absolute Gasteiger partial charge is 0.268 e. The predicted molar refractivity (Wildman–Crippen MR) is 90.0 cm³/mol. The van der Waals surface area contributed by atoms with Gasteiger partial charge in [0.05, 0.1) is 19.2 Å². The first kappa shape index (κ1) is 19.2. The SMILES string of the molecule is N#CC1CC(F)(F)CN1C(=O)CNC(=O)c1ccncc1C1CCOCC1. The zero-order valence-corrected chi connectivity index (χ0v) is 14.7. The van der Waals surface area contributed by atoms with Gasteiger partial charge >= 0.3 is 0 Å². The Hall–Kier alpha value is -2.60. The van der Waals surface area contributed by atoms with Gasteiger partial charge in [-0.1, -0.05) is 0 Å². The molecule has 0 aliphatic carbocycles. The Bertz CT molecular complexity index is 759. The van der Waals surface area contributed by atoms with Crippen LogP contribution in [0.4, 0.5) is 8.78 Å². The summed E-state index contributed by atoms with van der Waals surface area (Å²) < 4.78 is 32.3. The fourth-order valence-corrected chi connectivity index (χ4v) is 3.49. The predicted octanol–water partition coefficient (Wildman–Crippen LogP) is 1.47. The minimum Gasteiger partial charge on any atom is -0.381 e. The maximum Gasteiger partial charge on any atom is 0.268 e. The number of carbonyl (C=O) groups excluding carboxylic acids is 2. The third-order valence-electron chi connectivity index (χ3n) is 4.90. The summed E-state index contributed by atoms with van der Waals surface area (Å²) in [6.07, 6.45) is 4.00. The normalized spacial score (nSPS) is 22.3. The molecule has 144 valence electrons. The summed E-state index contributed by atoms with van der Waals surface area (Å²) in [5.41, 5.74) is 1.20. The number of rotatable bonds is 4. The van der Waals surface area contributed by atoms with E-state index in [1.807, 2.05) is 0 Å². The van der Waals surface area contributed by atoms with Gasteiger partial charge in [-0.3, -0.25) is 14.6 Å². The highest BCUT2D eigenvalue weighted by Gasteiger charge is 2.47. The van der Waals surface area contributed by atoms with Crippen LogP contribution < -0.4 is 5.32 Å². The molecule has 2 aliphatic rings. The van der Waals surface area contributed by atoms with E-state index in [4.69, 9.17) is 10.00 Å². The molecule has 1 aromatic heterocycles. The van der Waals surface area contributed by atoms with Gasteiger partial charge in [0.25, 0.3) is 11.8 Å². The number of pyridine rings is 1. The number of hydrogen-bond donors (Lipinski definition) is 1. The van der Waals surface area contributed by atoms with Crippen molar-refractivity contribution in [3.8, 4) is 6.07 Å². The summed E-state index contributed by atoms with van der Waals surface area (Å²) in [6, 6.07) is 2.11. The van der Waals surface area contributed by atoms with Gasteiger partial charge in [-0.2, -0.15) is 5.26 Å². The summed E-state index contributed by atoms with van der Waals surface area (Å²) in [4.78, 5) is 29.7. The highest BCUT2D eigenvalue weighted by atomic mass is 19.3. The molecule has 0 saturated carbocycles. The maximum absolute atomic E-state index is 13.5. The minimum absolute atomic E-state index is 0.143. The van der Waals surface area contributed by atoms with Gasteiger partial charge in [-0.05, 0) is 30.4 Å². The average Bonchev–Trinajstić information content (AvgIpc) is 3.01. The molecule has 9 heteroatoms. The number of nitrogens with one attached hydrogen (secondary N) is 1. The van der Waals surface area contributed by atoms with Gasteiger partial charge in [0.15, 0.2) is 0 Å². The Labute approximate surface area is 155 Å². The number of likely N-dealkylation sites (tertiary alicyclic amines) is 1. The van der Waals surface area contributed by atoms with E-state index in [2.05, 4.69) is 10.3 Å². The zero-order valence-electron chi connectivity index (χ0n) is 14.7. The van der Waals surface area contributed by atoms with E-state index >= 15 is 0 Å². The fourth-order valence-electron chi connectivity index (χ4n) is 3.49. The molecule has 27 heavy (non-hydrogen) atoms. The molecular formula is C18H20F2N4O3. The Morgan fingerprint density at radius 1 is 1.41 bits per heavy atom. The van der Waals surface area contributed by atoms with E-state index in [0.29, 0.717) is 18.8 Å². The van der Waals surface area contributed by atoms with Crippen molar-refractivity contribution in [2.75, 3.05) is 26.3 Å². The lowest BCUT2D eigenvalue weighted by atomic mass is 9.89. The Kier molecular flexibility index (Phi) is 5.65. The van der Waals surface area contributed by atoms with E-state index in [-0.39, 0.29) is 5.92 Å². The zero-order chi connectivity index (χ0) is 19.4. The average molecular weight is 378 g/mol. The Balaban J connectivity index is 1.65. The molecular weight excluding hydrogens is 358 g/mol. The molecule has 0 spiro atoms. The summed E-state index contributed by atoms with van der Waals surface area (Å²) in [6.45, 7) is -0.0270. The molecule has 2 saturated heterocycles. The van der Waals surface area contributed by atoms with E-state index in [0.717, 1.165) is 23.3 Å². The molecule has 3 rings (SSSR count). The highest BCUT2D eigenvalue weighted by molar-refractivity contribution is 5.97. The second-order valence-corrected chi connectivity index (χ2v) is 6.76. The van der Waals surface area contributed by atoms with Crippen LogP contribution >= 0.6 is 0 Å². The number of halogens is 2. The number of aromatic nitrogens is 1. The first-order chi connectivity index (χ1) is 12.9. The van der Waals surface area contributed by atoms with Crippen LogP contribution in [0.15, 0.2) is 18.5 Å². The first-order valence-electron chi connectivity index (χ1n) is 8.78. The molecule has 3 heterocycles. The van der Waals surface area contributed by atoms with Crippen LogP contribution in [0.2, 0.25) is 0 Å². The molecule has 1 N–H and O–H groups in total. The van der Waals surface area contributed by atoms with Crippen molar-refractivity contribution in [2.24, 2.45) is 0 Å². The molecule has 0 aromatic carbocycles. The fraction of sp³-hybridized carbons (Fsp3) is 0.556. The standard InChI is InChI=1S/C18H20F2N4O3/c19-18(20)7-13(8-21)24(11-18)16(25)10-23-17(26)14-1-4-22-9-15(14)12-2-5-27-6-3-12/h1,4,9,12-13H,2-3,5-7,10-11H2,(H,23,26). The number of nitriles is 1. The van der Waals surface area contributed by atoms with Crippen LogP contribution in [0.3, 0.4) is 0 Å². The van der Waals surface area contributed by atoms with Crippen molar-refractivity contribution in [1.82, 2.24) is 15.2 Å². The van der Waals surface area contributed by atoms with Gasteiger partial charge in [-0.25, -0.2) is 8.78 Å². The molecule has 0 bridgehead atoms. The summed E-state index contributed by atoms with van der Waals surface area (Å²) in [5, 5.41) is 11.5. The minimum atomic E-state index is -3.08. The van der Waals surface area contributed by atoms with Gasteiger partial charge in [0, 0.05) is 37.6 Å². The lowest BCUT2D eigenvalue weighted by Gasteiger charge is -2.24. The molecule has 0 radical (unpaired) electrons. The number of amides is 2. The largest absolute Gasteiger partial charge is 0.381 e. The molecule has 1 aromatic rings.